The molecule has 0 heterocycles. The van der Waals surface area contributed by atoms with Gasteiger partial charge in [0.05, 0.1) is 0 Å². The molecule has 0 radical (unpaired) electrons. The molecule has 0 unspecified atom stereocenters. The van der Waals surface area contributed by atoms with Crippen LogP contribution in [0.5, 0.6) is 0 Å². The minimum absolute atomic E-state index is 0.412. The molecule has 0 fully saturated rings. The topological polar surface area (TPSA) is 4.36 Å². The van der Waals surface area contributed by atoms with Gasteiger partial charge in [-0.25, -0.2) is 6.57 Å². The number of aryl methyl sites for hydroxylation is 1. The summed E-state index contributed by atoms with van der Waals surface area (Å²) in [4.78, 5) is 3.62. The van der Waals surface area contributed by atoms with Crippen LogP contribution < -0.4 is 0 Å². The molecule has 0 aliphatic rings. The molecule has 1 nitrogen and oxygen atoms in total. The Morgan fingerprint density at radius 2 is 2.00 bits per heavy atom. The molecule has 0 N–H and O–H groups in total. The average Bonchev–Trinajstić information content (AvgIpc) is 2.03. The predicted molar refractivity (Wildman–Crippen MR) is 58.5 cm³/mol. The summed E-state index contributed by atoms with van der Waals surface area (Å²) in [5.74, 6) is 0. The molecular weight excluding hydrogens is 226 g/mol. The van der Waals surface area contributed by atoms with Crippen molar-refractivity contribution in [3.63, 3.8) is 0 Å². The molecule has 2 heteroatoms. The maximum Gasteiger partial charge on any atom is 0.252 e. The number of rotatable bonds is 1. The lowest BCUT2D eigenvalue weighted by atomic mass is 9.91. The molecule has 0 saturated carbocycles. The van der Waals surface area contributed by atoms with Crippen molar-refractivity contribution in [1.82, 2.24) is 0 Å². The van der Waals surface area contributed by atoms with E-state index in [0.29, 0.717) is 0 Å². The molecule has 0 amide bonds. The van der Waals surface area contributed by atoms with Crippen LogP contribution in [-0.2, 0) is 5.54 Å². The molecule has 0 aliphatic carbocycles. The van der Waals surface area contributed by atoms with Crippen molar-refractivity contribution in [2.24, 2.45) is 0 Å². The minimum Gasteiger partial charge on any atom is -0.306 e. The number of hydrogen-bond donors (Lipinski definition) is 0. The van der Waals surface area contributed by atoms with E-state index in [1.54, 1.807) is 0 Å². The van der Waals surface area contributed by atoms with Crippen molar-refractivity contribution in [3.8, 4) is 0 Å². The van der Waals surface area contributed by atoms with E-state index in [9.17, 15) is 0 Å². The molecule has 0 aliphatic heterocycles. The van der Waals surface area contributed by atoms with E-state index in [4.69, 9.17) is 6.57 Å². The smallest absolute Gasteiger partial charge is 0.252 e. The van der Waals surface area contributed by atoms with E-state index in [-0.39, 0.29) is 0 Å². The summed E-state index contributed by atoms with van der Waals surface area (Å²) < 4.78 is 1.06. The Kier molecular flexibility index (Phi) is 2.77. The first kappa shape index (κ1) is 10.3. The van der Waals surface area contributed by atoms with E-state index >= 15 is 0 Å². The van der Waals surface area contributed by atoms with Gasteiger partial charge in [0.2, 0.25) is 0 Å². The Morgan fingerprint density at radius 3 is 2.46 bits per heavy atom. The number of halogens is 1. The highest BCUT2D eigenvalue weighted by Crippen LogP contribution is 2.29. The monoisotopic (exact) mass is 237 g/mol. The van der Waals surface area contributed by atoms with Crippen LogP contribution in [0.15, 0.2) is 22.7 Å². The first-order valence-electron chi connectivity index (χ1n) is 4.12. The van der Waals surface area contributed by atoms with Crippen LogP contribution in [0.4, 0.5) is 0 Å². The molecular formula is C11H12BrN. The van der Waals surface area contributed by atoms with Gasteiger partial charge in [-0.1, -0.05) is 15.9 Å². The molecule has 0 spiro atoms. The van der Waals surface area contributed by atoms with Crippen LogP contribution >= 0.6 is 15.9 Å². The third-order valence-corrected chi connectivity index (χ3v) is 2.62. The zero-order valence-corrected chi connectivity index (χ0v) is 9.64. The van der Waals surface area contributed by atoms with E-state index < -0.39 is 5.54 Å². The second-order valence-electron chi connectivity index (χ2n) is 3.63. The summed E-state index contributed by atoms with van der Waals surface area (Å²) in [5.41, 5.74) is 1.85. The largest absolute Gasteiger partial charge is 0.306 e. The van der Waals surface area contributed by atoms with Crippen LogP contribution in [0, 0.1) is 13.5 Å². The quantitative estimate of drug-likeness (QED) is 0.653. The van der Waals surface area contributed by atoms with Gasteiger partial charge in [0.25, 0.3) is 5.54 Å². The molecule has 13 heavy (non-hydrogen) atoms. The fourth-order valence-corrected chi connectivity index (χ4v) is 1.85. The van der Waals surface area contributed by atoms with Gasteiger partial charge in [0.1, 0.15) is 0 Å². The Hall–Kier alpha value is -0.810. The van der Waals surface area contributed by atoms with Gasteiger partial charge in [-0.3, -0.25) is 0 Å². The van der Waals surface area contributed by atoms with Crippen LogP contribution in [-0.4, -0.2) is 0 Å². The van der Waals surface area contributed by atoms with Gasteiger partial charge in [0.15, 0.2) is 0 Å². The van der Waals surface area contributed by atoms with Crippen molar-refractivity contribution in [2.75, 3.05) is 0 Å². The Morgan fingerprint density at radius 1 is 1.38 bits per heavy atom. The third kappa shape index (κ3) is 2.10. The summed E-state index contributed by atoms with van der Waals surface area (Å²) in [5, 5.41) is 0. The summed E-state index contributed by atoms with van der Waals surface area (Å²) in [7, 11) is 0. The van der Waals surface area contributed by atoms with Crippen LogP contribution in [0.1, 0.15) is 25.0 Å². The van der Waals surface area contributed by atoms with Gasteiger partial charge in [-0.2, -0.15) is 0 Å². The van der Waals surface area contributed by atoms with Crippen LogP contribution in [0.2, 0.25) is 0 Å². The molecule has 1 aromatic carbocycles. The summed E-state index contributed by atoms with van der Waals surface area (Å²) in [6.45, 7) is 13.0. The molecule has 68 valence electrons. The highest BCUT2D eigenvalue weighted by Gasteiger charge is 2.27. The van der Waals surface area contributed by atoms with Crippen LogP contribution in [0.25, 0.3) is 4.85 Å². The van der Waals surface area contributed by atoms with Crippen molar-refractivity contribution >= 4 is 15.9 Å². The second-order valence-corrected chi connectivity index (χ2v) is 4.55. The normalized spacial score (nSPS) is 11.0. The van der Waals surface area contributed by atoms with Crippen molar-refractivity contribution in [1.29, 1.82) is 0 Å². The maximum atomic E-state index is 7.11. The lowest BCUT2D eigenvalue weighted by Gasteiger charge is -2.14. The number of nitrogens with zero attached hydrogens (tertiary/aromatic N) is 1. The predicted octanol–water partition coefficient (Wildman–Crippen LogP) is 3.91. The fourth-order valence-electron chi connectivity index (χ4n) is 1.37. The van der Waals surface area contributed by atoms with Gasteiger partial charge in [-0.05, 0) is 30.7 Å². The molecule has 0 aromatic heterocycles. The molecule has 1 rings (SSSR count). The minimum atomic E-state index is -0.412. The lowest BCUT2D eigenvalue weighted by Crippen LogP contribution is -2.12. The second kappa shape index (κ2) is 3.51. The average molecular weight is 238 g/mol. The lowest BCUT2D eigenvalue weighted by molar-refractivity contribution is 0.658. The summed E-state index contributed by atoms with van der Waals surface area (Å²) >= 11 is 3.41. The number of hydrogen-bond acceptors (Lipinski definition) is 0. The van der Waals surface area contributed by atoms with Gasteiger partial charge in [-0.15, -0.1) is 0 Å². The molecule has 0 bridgehead atoms. The molecule has 1 aromatic rings. The van der Waals surface area contributed by atoms with Gasteiger partial charge < -0.3 is 4.85 Å². The van der Waals surface area contributed by atoms with Gasteiger partial charge in [0, 0.05) is 23.9 Å². The van der Waals surface area contributed by atoms with E-state index in [2.05, 4.69) is 20.8 Å². The third-order valence-electron chi connectivity index (χ3n) is 2.13. The molecule has 0 atom stereocenters. The molecule has 0 saturated heterocycles. The van der Waals surface area contributed by atoms with Crippen molar-refractivity contribution in [3.05, 3.63) is 45.2 Å². The summed E-state index contributed by atoms with van der Waals surface area (Å²) in [6.07, 6.45) is 0. The zero-order valence-electron chi connectivity index (χ0n) is 8.06. The zero-order chi connectivity index (χ0) is 10.1. The van der Waals surface area contributed by atoms with E-state index in [0.717, 1.165) is 15.6 Å². The first-order chi connectivity index (χ1) is 5.97. The Balaban J connectivity index is 3.26. The first-order valence-corrected chi connectivity index (χ1v) is 4.92. The van der Waals surface area contributed by atoms with Crippen LogP contribution in [0.3, 0.4) is 0 Å². The van der Waals surface area contributed by atoms with Gasteiger partial charge >= 0.3 is 0 Å². The van der Waals surface area contributed by atoms with Crippen molar-refractivity contribution < 1.29 is 0 Å². The standard InChI is InChI=1S/C11H12BrN/c1-8-7-9(12)5-6-10(8)11(2,3)13-4/h5-7H,1-3H3. The Bertz CT molecular complexity index is 361. The highest BCUT2D eigenvalue weighted by molar-refractivity contribution is 9.10. The maximum absolute atomic E-state index is 7.11. The summed E-state index contributed by atoms with van der Waals surface area (Å²) in [6, 6.07) is 6.04. The number of benzene rings is 1. The van der Waals surface area contributed by atoms with E-state index in [1.807, 2.05) is 39.0 Å². The van der Waals surface area contributed by atoms with E-state index in [1.165, 1.54) is 0 Å². The fraction of sp³-hybridized carbons (Fsp3) is 0.364. The SMILES string of the molecule is [C-]#[N+]C(C)(C)c1ccc(Br)cc1C. The Labute approximate surface area is 87.7 Å². The highest BCUT2D eigenvalue weighted by atomic mass is 79.9. The van der Waals surface area contributed by atoms with Crippen molar-refractivity contribution in [2.45, 2.75) is 26.3 Å².